The highest BCUT2D eigenvalue weighted by molar-refractivity contribution is 5.85. The predicted molar refractivity (Wildman–Crippen MR) is 25.9 cm³/mol. The average Bonchev–Trinajstić information content (AvgIpc) is 1.86. The standard InChI is InChI=1S/C4H3F2NO2/c1-2-4(5,6)3(8)7-9/h2H,1H2. The minimum atomic E-state index is -3.80. The van der Waals surface area contributed by atoms with Gasteiger partial charge in [0.1, 0.15) is 0 Å². The Balaban J connectivity index is 4.31. The van der Waals surface area contributed by atoms with Crippen LogP contribution >= 0.6 is 0 Å². The maximum atomic E-state index is 11.8. The van der Waals surface area contributed by atoms with E-state index in [1.165, 1.54) is 5.18 Å². The molecule has 0 radical (unpaired) electrons. The first-order chi connectivity index (χ1) is 4.04. The summed E-state index contributed by atoms with van der Waals surface area (Å²) in [6, 6.07) is 0. The summed E-state index contributed by atoms with van der Waals surface area (Å²) in [6.07, 6.45) is 0.0662. The summed E-state index contributed by atoms with van der Waals surface area (Å²) in [4.78, 5) is 18.9. The van der Waals surface area contributed by atoms with Gasteiger partial charge < -0.3 is 0 Å². The largest absolute Gasteiger partial charge is 0.359 e. The third-order valence-electron chi connectivity index (χ3n) is 0.624. The zero-order chi connectivity index (χ0) is 7.49. The smallest absolute Gasteiger partial charge is 0.262 e. The van der Waals surface area contributed by atoms with E-state index in [9.17, 15) is 18.5 Å². The number of rotatable bonds is 2. The van der Waals surface area contributed by atoms with E-state index >= 15 is 0 Å². The lowest BCUT2D eigenvalue weighted by molar-refractivity contribution is -0.135. The number of nitroso groups, excluding NO2 is 1. The van der Waals surface area contributed by atoms with Crippen LogP contribution in [0, 0.1) is 4.91 Å². The maximum Gasteiger partial charge on any atom is 0.359 e. The summed E-state index contributed by atoms with van der Waals surface area (Å²) in [5, 5.41) is 1.52. The highest BCUT2D eigenvalue weighted by Crippen LogP contribution is 2.15. The number of alkyl halides is 2. The van der Waals surface area contributed by atoms with E-state index in [1.54, 1.807) is 0 Å². The van der Waals surface area contributed by atoms with Crippen LogP contribution in [0.3, 0.4) is 0 Å². The van der Waals surface area contributed by atoms with Crippen LogP contribution in [-0.2, 0) is 4.79 Å². The van der Waals surface area contributed by atoms with Gasteiger partial charge in [0.25, 0.3) is 0 Å². The van der Waals surface area contributed by atoms with Crippen LogP contribution in [0.1, 0.15) is 0 Å². The normalized spacial score (nSPS) is 10.4. The number of halogens is 2. The van der Waals surface area contributed by atoms with E-state index in [0.717, 1.165) is 0 Å². The Morgan fingerprint density at radius 3 is 2.22 bits per heavy atom. The zero-order valence-electron chi connectivity index (χ0n) is 4.30. The predicted octanol–water partition coefficient (Wildman–Crippen LogP) is 1.10. The first-order valence-electron chi connectivity index (χ1n) is 1.94. The quantitative estimate of drug-likeness (QED) is 0.420. The van der Waals surface area contributed by atoms with E-state index in [0.29, 0.717) is 0 Å². The monoisotopic (exact) mass is 135 g/mol. The lowest BCUT2D eigenvalue weighted by Gasteiger charge is -2.00. The van der Waals surface area contributed by atoms with Crippen molar-refractivity contribution in [3.63, 3.8) is 0 Å². The Morgan fingerprint density at radius 2 is 2.11 bits per heavy atom. The first kappa shape index (κ1) is 7.87. The van der Waals surface area contributed by atoms with Gasteiger partial charge in [-0.15, -0.1) is 4.91 Å². The van der Waals surface area contributed by atoms with Crippen molar-refractivity contribution in [2.75, 3.05) is 0 Å². The Hall–Kier alpha value is -1.13. The molecule has 5 heteroatoms. The van der Waals surface area contributed by atoms with Gasteiger partial charge in [0.2, 0.25) is 0 Å². The first-order valence-corrected chi connectivity index (χ1v) is 1.94. The fourth-order valence-electron chi connectivity index (χ4n) is 0.148. The second-order valence-electron chi connectivity index (χ2n) is 1.22. The number of carbonyl (C=O) groups is 1. The SMILES string of the molecule is C=CC(F)(F)C(=O)N=O. The molecule has 3 nitrogen and oxygen atoms in total. The molecule has 0 saturated heterocycles. The molecule has 0 rings (SSSR count). The second kappa shape index (κ2) is 2.43. The lowest BCUT2D eigenvalue weighted by atomic mass is 10.3. The van der Waals surface area contributed by atoms with Crippen molar-refractivity contribution >= 4 is 5.91 Å². The third-order valence-corrected chi connectivity index (χ3v) is 0.624. The van der Waals surface area contributed by atoms with Crippen molar-refractivity contribution in [3.05, 3.63) is 17.6 Å². The van der Waals surface area contributed by atoms with Gasteiger partial charge in [-0.3, -0.25) is 4.79 Å². The molecule has 0 spiro atoms. The minimum Gasteiger partial charge on any atom is -0.262 e. The van der Waals surface area contributed by atoms with Crippen molar-refractivity contribution in [1.82, 2.24) is 0 Å². The minimum absolute atomic E-state index is 0.0662. The molecule has 0 aromatic carbocycles. The summed E-state index contributed by atoms with van der Waals surface area (Å²) in [7, 11) is 0. The Bertz CT molecular complexity index is 155. The van der Waals surface area contributed by atoms with E-state index < -0.39 is 11.8 Å². The molecule has 0 aliphatic heterocycles. The van der Waals surface area contributed by atoms with Crippen LogP contribution in [0.15, 0.2) is 17.8 Å². The number of nitrogens with zero attached hydrogens (tertiary/aromatic N) is 1. The van der Waals surface area contributed by atoms with Crippen LogP contribution in [0.25, 0.3) is 0 Å². The molecule has 0 fully saturated rings. The molecular weight excluding hydrogens is 132 g/mol. The van der Waals surface area contributed by atoms with Crippen molar-refractivity contribution < 1.29 is 13.6 Å². The molecule has 0 saturated carbocycles. The molecule has 9 heavy (non-hydrogen) atoms. The summed E-state index contributed by atoms with van der Waals surface area (Å²) >= 11 is 0. The van der Waals surface area contributed by atoms with Crippen LogP contribution in [0.4, 0.5) is 8.78 Å². The highest BCUT2D eigenvalue weighted by atomic mass is 19.3. The Kier molecular flexibility index (Phi) is 2.12. The third kappa shape index (κ3) is 1.67. The molecule has 0 N–H and O–H groups in total. The number of amides is 1. The van der Waals surface area contributed by atoms with Gasteiger partial charge in [0.05, 0.1) is 0 Å². The van der Waals surface area contributed by atoms with Crippen molar-refractivity contribution in [2.24, 2.45) is 5.18 Å². The van der Waals surface area contributed by atoms with E-state index in [1.807, 2.05) is 0 Å². The molecule has 1 amide bonds. The van der Waals surface area contributed by atoms with Gasteiger partial charge in [-0.05, 0) is 6.08 Å². The molecule has 0 atom stereocenters. The molecule has 0 aromatic heterocycles. The van der Waals surface area contributed by atoms with Crippen molar-refractivity contribution in [3.8, 4) is 0 Å². The summed E-state index contributed by atoms with van der Waals surface area (Å²) in [6.45, 7) is 2.63. The van der Waals surface area contributed by atoms with Crippen LogP contribution in [0.5, 0.6) is 0 Å². The molecule has 50 valence electrons. The molecule has 0 aliphatic carbocycles. The molecule has 0 heterocycles. The Labute approximate surface area is 49.3 Å². The van der Waals surface area contributed by atoms with Crippen molar-refractivity contribution in [1.29, 1.82) is 0 Å². The van der Waals surface area contributed by atoms with Gasteiger partial charge >= 0.3 is 11.8 Å². The van der Waals surface area contributed by atoms with Gasteiger partial charge in [-0.25, -0.2) is 0 Å². The molecule has 0 aromatic rings. The molecule has 0 bridgehead atoms. The number of hydrogen-bond acceptors (Lipinski definition) is 2. The molecular formula is C4H3F2NO2. The second-order valence-corrected chi connectivity index (χ2v) is 1.22. The summed E-state index contributed by atoms with van der Waals surface area (Å²) < 4.78 is 23.6. The fourth-order valence-corrected chi connectivity index (χ4v) is 0.148. The summed E-state index contributed by atoms with van der Waals surface area (Å²) in [5.41, 5.74) is 0. The van der Waals surface area contributed by atoms with Crippen LogP contribution in [0.2, 0.25) is 0 Å². The average molecular weight is 135 g/mol. The number of hydrogen-bond donors (Lipinski definition) is 0. The van der Waals surface area contributed by atoms with Crippen molar-refractivity contribution in [2.45, 2.75) is 5.92 Å². The zero-order valence-corrected chi connectivity index (χ0v) is 4.30. The van der Waals surface area contributed by atoms with Gasteiger partial charge in [0.15, 0.2) is 0 Å². The molecule has 0 aliphatic rings. The fraction of sp³-hybridized carbons (Fsp3) is 0.250. The highest BCUT2D eigenvalue weighted by Gasteiger charge is 2.35. The van der Waals surface area contributed by atoms with Gasteiger partial charge in [0, 0.05) is 5.18 Å². The van der Waals surface area contributed by atoms with E-state index in [4.69, 9.17) is 0 Å². The lowest BCUT2D eigenvalue weighted by Crippen LogP contribution is -2.22. The number of carbonyl (C=O) groups excluding carboxylic acids is 1. The van der Waals surface area contributed by atoms with Crippen LogP contribution < -0.4 is 0 Å². The van der Waals surface area contributed by atoms with E-state index in [-0.39, 0.29) is 6.08 Å². The topological polar surface area (TPSA) is 46.5 Å². The summed E-state index contributed by atoms with van der Waals surface area (Å²) in [5.74, 6) is -5.82. The molecule has 0 unspecified atom stereocenters. The Morgan fingerprint density at radius 1 is 1.67 bits per heavy atom. The van der Waals surface area contributed by atoms with Crippen LogP contribution in [-0.4, -0.2) is 11.8 Å². The van der Waals surface area contributed by atoms with E-state index in [2.05, 4.69) is 6.58 Å². The van der Waals surface area contributed by atoms with Gasteiger partial charge in [-0.1, -0.05) is 6.58 Å². The van der Waals surface area contributed by atoms with Gasteiger partial charge in [-0.2, -0.15) is 8.78 Å². The maximum absolute atomic E-state index is 11.8.